The van der Waals surface area contributed by atoms with Crippen LogP contribution in [0.3, 0.4) is 0 Å². The van der Waals surface area contributed by atoms with E-state index in [9.17, 15) is 4.79 Å². The van der Waals surface area contributed by atoms with Gasteiger partial charge in [0.05, 0.1) is 12.1 Å². The minimum atomic E-state index is -0.423. The Hall–Kier alpha value is -0.610. The molecule has 0 saturated heterocycles. The number of ether oxygens (including phenoxy) is 2. The van der Waals surface area contributed by atoms with Crippen molar-refractivity contribution in [1.29, 1.82) is 0 Å². The van der Waals surface area contributed by atoms with E-state index in [1.54, 1.807) is 7.11 Å². The third kappa shape index (κ3) is 9.12. The van der Waals surface area contributed by atoms with Gasteiger partial charge in [-0.2, -0.15) is 0 Å². The fourth-order valence-electron chi connectivity index (χ4n) is 1.53. The number of hydrogen-bond donors (Lipinski definition) is 1. The summed E-state index contributed by atoms with van der Waals surface area (Å²) in [6, 6.07) is 0.206. The lowest BCUT2D eigenvalue weighted by molar-refractivity contribution is -0.153. The quantitative estimate of drug-likeness (QED) is 0.728. The first-order valence-electron chi connectivity index (χ1n) is 6.06. The summed E-state index contributed by atoms with van der Waals surface area (Å²) in [6.45, 7) is 11.9. The molecule has 0 aromatic rings. The number of carbonyl (C=O) groups excluding carboxylic acids is 1. The third-order valence-corrected chi connectivity index (χ3v) is 2.37. The van der Waals surface area contributed by atoms with Gasteiger partial charge in [0.25, 0.3) is 0 Å². The molecule has 1 unspecified atom stereocenters. The Morgan fingerprint density at radius 1 is 1.24 bits per heavy atom. The molecule has 0 heterocycles. The molecule has 0 aliphatic rings. The molecule has 1 N–H and O–H groups in total. The summed E-state index contributed by atoms with van der Waals surface area (Å²) < 4.78 is 10.6. The van der Waals surface area contributed by atoms with Crippen LogP contribution < -0.4 is 5.32 Å². The molecule has 0 spiro atoms. The van der Waals surface area contributed by atoms with Crippen molar-refractivity contribution in [3.63, 3.8) is 0 Å². The standard InChI is InChI=1S/C13H27NO3/c1-10(8-13(5,6)16-7)14-9-11(15)17-12(2,3)4/h10,14H,8-9H2,1-7H3. The summed E-state index contributed by atoms with van der Waals surface area (Å²) in [5.41, 5.74) is -0.603. The summed E-state index contributed by atoms with van der Waals surface area (Å²) in [6.07, 6.45) is 0.840. The lowest BCUT2D eigenvalue weighted by Crippen LogP contribution is -2.39. The van der Waals surface area contributed by atoms with E-state index in [2.05, 4.69) is 5.32 Å². The van der Waals surface area contributed by atoms with Crippen molar-refractivity contribution in [3.05, 3.63) is 0 Å². The van der Waals surface area contributed by atoms with Crippen LogP contribution in [0.5, 0.6) is 0 Å². The minimum absolute atomic E-state index is 0.180. The van der Waals surface area contributed by atoms with Crippen LogP contribution in [-0.2, 0) is 14.3 Å². The first-order chi connectivity index (χ1) is 7.56. The van der Waals surface area contributed by atoms with Gasteiger partial charge in [-0.05, 0) is 48.0 Å². The van der Waals surface area contributed by atoms with E-state index in [1.165, 1.54) is 0 Å². The van der Waals surface area contributed by atoms with E-state index in [4.69, 9.17) is 9.47 Å². The lowest BCUT2D eigenvalue weighted by Gasteiger charge is -2.27. The molecular weight excluding hydrogens is 218 g/mol. The second kappa shape index (κ2) is 6.36. The van der Waals surface area contributed by atoms with Crippen molar-refractivity contribution >= 4 is 5.97 Å². The van der Waals surface area contributed by atoms with Crippen molar-refractivity contribution in [2.75, 3.05) is 13.7 Å². The van der Waals surface area contributed by atoms with Gasteiger partial charge in [0.1, 0.15) is 5.60 Å². The maximum atomic E-state index is 11.5. The smallest absolute Gasteiger partial charge is 0.320 e. The van der Waals surface area contributed by atoms with Gasteiger partial charge in [0.2, 0.25) is 0 Å². The molecule has 0 radical (unpaired) electrons. The summed E-state index contributed by atoms with van der Waals surface area (Å²) in [7, 11) is 1.70. The largest absolute Gasteiger partial charge is 0.459 e. The number of rotatable bonds is 6. The van der Waals surface area contributed by atoms with E-state index in [0.29, 0.717) is 0 Å². The average molecular weight is 245 g/mol. The van der Waals surface area contributed by atoms with Crippen LogP contribution in [0.4, 0.5) is 0 Å². The van der Waals surface area contributed by atoms with E-state index >= 15 is 0 Å². The molecule has 102 valence electrons. The zero-order valence-electron chi connectivity index (χ0n) is 12.2. The van der Waals surface area contributed by atoms with Crippen molar-refractivity contribution < 1.29 is 14.3 Å². The van der Waals surface area contributed by atoms with Crippen LogP contribution in [0.2, 0.25) is 0 Å². The van der Waals surface area contributed by atoms with E-state index in [1.807, 2.05) is 41.5 Å². The molecule has 0 fully saturated rings. The molecule has 0 aliphatic heterocycles. The van der Waals surface area contributed by atoms with Crippen LogP contribution in [0.1, 0.15) is 48.0 Å². The number of hydrogen-bond acceptors (Lipinski definition) is 4. The summed E-state index contributed by atoms with van der Waals surface area (Å²) in [4.78, 5) is 11.5. The van der Waals surface area contributed by atoms with Crippen molar-refractivity contribution in [3.8, 4) is 0 Å². The predicted octanol–water partition coefficient (Wildman–Crippen LogP) is 2.12. The molecule has 0 aromatic carbocycles. The van der Waals surface area contributed by atoms with Crippen molar-refractivity contribution in [1.82, 2.24) is 5.32 Å². The highest BCUT2D eigenvalue weighted by Crippen LogP contribution is 2.15. The Morgan fingerprint density at radius 2 is 1.76 bits per heavy atom. The molecule has 17 heavy (non-hydrogen) atoms. The minimum Gasteiger partial charge on any atom is -0.459 e. The SMILES string of the molecule is COC(C)(C)CC(C)NCC(=O)OC(C)(C)C. The molecule has 4 heteroatoms. The second-order valence-corrected chi connectivity index (χ2v) is 6.04. The van der Waals surface area contributed by atoms with Gasteiger partial charge in [0.15, 0.2) is 0 Å². The van der Waals surface area contributed by atoms with Crippen LogP contribution >= 0.6 is 0 Å². The lowest BCUT2D eigenvalue weighted by atomic mass is 10.00. The monoisotopic (exact) mass is 245 g/mol. The predicted molar refractivity (Wildman–Crippen MR) is 69.0 cm³/mol. The first-order valence-corrected chi connectivity index (χ1v) is 6.06. The molecule has 1 atom stereocenters. The van der Waals surface area contributed by atoms with Gasteiger partial charge in [-0.1, -0.05) is 0 Å². The van der Waals surface area contributed by atoms with Crippen LogP contribution in [0, 0.1) is 0 Å². The van der Waals surface area contributed by atoms with E-state index in [-0.39, 0.29) is 24.2 Å². The second-order valence-electron chi connectivity index (χ2n) is 6.04. The summed E-state index contributed by atoms with van der Waals surface area (Å²) in [5.74, 6) is -0.223. The molecule has 0 aliphatic carbocycles. The first kappa shape index (κ1) is 16.4. The number of nitrogens with one attached hydrogen (secondary N) is 1. The number of carbonyl (C=O) groups is 1. The molecule has 4 nitrogen and oxygen atoms in total. The average Bonchev–Trinajstić information content (AvgIpc) is 2.11. The molecule has 0 aromatic heterocycles. The van der Waals surface area contributed by atoms with Gasteiger partial charge in [-0.25, -0.2) is 0 Å². The highest BCUT2D eigenvalue weighted by molar-refractivity contribution is 5.72. The molecule has 0 saturated carbocycles. The Kier molecular flexibility index (Phi) is 6.13. The van der Waals surface area contributed by atoms with Crippen LogP contribution in [-0.4, -0.2) is 36.9 Å². The van der Waals surface area contributed by atoms with Gasteiger partial charge in [0, 0.05) is 13.2 Å². The van der Waals surface area contributed by atoms with Crippen molar-refractivity contribution in [2.45, 2.75) is 65.2 Å². The Morgan fingerprint density at radius 3 is 2.18 bits per heavy atom. The molecular formula is C13H27NO3. The maximum absolute atomic E-state index is 11.5. The highest BCUT2D eigenvalue weighted by atomic mass is 16.6. The maximum Gasteiger partial charge on any atom is 0.320 e. The summed E-state index contributed by atoms with van der Waals surface area (Å²) >= 11 is 0. The van der Waals surface area contributed by atoms with Crippen LogP contribution in [0.25, 0.3) is 0 Å². The number of esters is 1. The number of methoxy groups -OCH3 is 1. The highest BCUT2D eigenvalue weighted by Gasteiger charge is 2.21. The molecule has 0 bridgehead atoms. The topological polar surface area (TPSA) is 47.6 Å². The molecule has 0 rings (SSSR count). The van der Waals surface area contributed by atoms with Crippen molar-refractivity contribution in [2.24, 2.45) is 0 Å². The zero-order valence-corrected chi connectivity index (χ0v) is 12.2. The summed E-state index contributed by atoms with van der Waals surface area (Å²) in [5, 5.41) is 3.14. The Bertz CT molecular complexity index is 244. The van der Waals surface area contributed by atoms with Gasteiger partial charge in [-0.3, -0.25) is 4.79 Å². The Labute approximate surface area is 105 Å². The van der Waals surface area contributed by atoms with Gasteiger partial charge in [-0.15, -0.1) is 0 Å². The Balaban J connectivity index is 3.93. The molecule has 0 amide bonds. The van der Waals surface area contributed by atoms with Gasteiger partial charge < -0.3 is 14.8 Å². The fraction of sp³-hybridized carbons (Fsp3) is 0.923. The van der Waals surface area contributed by atoms with E-state index in [0.717, 1.165) is 6.42 Å². The zero-order chi connectivity index (χ0) is 13.7. The van der Waals surface area contributed by atoms with E-state index < -0.39 is 5.60 Å². The van der Waals surface area contributed by atoms with Gasteiger partial charge >= 0.3 is 5.97 Å². The van der Waals surface area contributed by atoms with Crippen LogP contribution in [0.15, 0.2) is 0 Å². The normalized spacial score (nSPS) is 14.5. The fourth-order valence-corrected chi connectivity index (χ4v) is 1.53. The third-order valence-electron chi connectivity index (χ3n) is 2.37.